The van der Waals surface area contributed by atoms with E-state index in [0.29, 0.717) is 17.9 Å². The molecule has 0 radical (unpaired) electrons. The molecule has 1 aromatic rings. The minimum atomic E-state index is -1.33. The number of carbonyl (C=O) groups is 1. The monoisotopic (exact) mass is 376 g/mol. The Balaban J connectivity index is 2.00. The Morgan fingerprint density at radius 2 is 2.12 bits per heavy atom. The fourth-order valence-corrected chi connectivity index (χ4v) is 4.20. The van der Waals surface area contributed by atoms with Gasteiger partial charge in [-0.2, -0.15) is 0 Å². The molecule has 1 aliphatic heterocycles. The highest BCUT2D eigenvalue weighted by molar-refractivity contribution is 7.96. The topological polar surface area (TPSA) is 168 Å². The van der Waals surface area contributed by atoms with Gasteiger partial charge in [-0.3, -0.25) is 19.1 Å². The van der Waals surface area contributed by atoms with Gasteiger partial charge in [0.25, 0.3) is 5.56 Å². The van der Waals surface area contributed by atoms with Gasteiger partial charge in [0.2, 0.25) is 0 Å². The number of ether oxygens (including phenoxy) is 1. The number of nitrogens with zero attached hydrogens (tertiary/aromatic N) is 1. The molecule has 0 aromatic carbocycles. The zero-order valence-corrected chi connectivity index (χ0v) is 14.4. The Bertz CT molecular complexity index is 721. The molecule has 2 heterocycles. The third kappa shape index (κ3) is 4.70. The molecule has 6 N–H and O–H groups in total. The Morgan fingerprint density at radius 1 is 1.44 bits per heavy atom. The number of aromatic nitrogens is 2. The van der Waals surface area contributed by atoms with Crippen molar-refractivity contribution in [3.8, 4) is 0 Å². The maximum atomic E-state index is 11.8. The highest BCUT2D eigenvalue weighted by atomic mass is 32.2. The number of aliphatic carboxylic acids is 1. The summed E-state index contributed by atoms with van der Waals surface area (Å²) in [6.07, 6.45) is -0.976. The molecule has 1 unspecified atom stereocenters. The first-order valence-corrected chi connectivity index (χ1v) is 9.58. The molecular formula is C14H22N3O7S+. The second kappa shape index (κ2) is 8.15. The Kier molecular flexibility index (Phi) is 6.41. The van der Waals surface area contributed by atoms with Crippen molar-refractivity contribution in [1.82, 2.24) is 9.55 Å². The first-order chi connectivity index (χ1) is 11.7. The molecule has 0 aliphatic carbocycles. The van der Waals surface area contributed by atoms with Gasteiger partial charge >= 0.3 is 11.7 Å². The number of hydrogen-bond acceptors (Lipinski definition) is 7. The summed E-state index contributed by atoms with van der Waals surface area (Å²) in [5.41, 5.74) is 4.15. The molecular weight excluding hydrogens is 354 g/mol. The van der Waals surface area contributed by atoms with Crippen LogP contribution in [0.2, 0.25) is 0 Å². The molecule has 1 fully saturated rings. The highest BCUT2D eigenvalue weighted by Gasteiger charge is 2.46. The molecule has 2 rings (SSSR count). The number of carboxylic acid groups (broad SMARTS) is 1. The van der Waals surface area contributed by atoms with Crippen LogP contribution in [0.3, 0.4) is 0 Å². The van der Waals surface area contributed by atoms with Crippen LogP contribution >= 0.6 is 0 Å². The molecule has 1 aliphatic rings. The second-order valence-electron chi connectivity index (χ2n) is 5.95. The third-order valence-electron chi connectivity index (χ3n) is 4.01. The fourth-order valence-electron chi connectivity index (χ4n) is 2.54. The third-order valence-corrected chi connectivity index (χ3v) is 5.84. The van der Waals surface area contributed by atoms with Crippen molar-refractivity contribution in [2.24, 2.45) is 5.73 Å². The number of H-pyrrole nitrogens is 1. The van der Waals surface area contributed by atoms with Gasteiger partial charge < -0.3 is 25.8 Å². The fraction of sp³-hybridized carbons (Fsp3) is 0.643. The highest BCUT2D eigenvalue weighted by Crippen LogP contribution is 2.29. The quantitative estimate of drug-likeness (QED) is 0.318. The maximum absolute atomic E-state index is 11.8. The summed E-state index contributed by atoms with van der Waals surface area (Å²) in [6, 6.07) is 0.178. The van der Waals surface area contributed by atoms with Gasteiger partial charge in [0.05, 0.1) is 6.26 Å². The lowest BCUT2D eigenvalue weighted by molar-refractivity contribution is -0.138. The van der Waals surface area contributed by atoms with Gasteiger partial charge in [0.15, 0.2) is 6.23 Å². The number of rotatable bonds is 7. The van der Waals surface area contributed by atoms with E-state index in [1.807, 2.05) is 6.26 Å². The summed E-state index contributed by atoms with van der Waals surface area (Å²) < 4.78 is 6.64. The Hall–Kier alpha value is -1.66. The first-order valence-electron chi connectivity index (χ1n) is 7.61. The minimum Gasteiger partial charge on any atom is -0.480 e. The standard InChI is InChI=1S/C14H21N3O7S/c1-25(5-3-7(15)13(21)22)6-8-10(19)11(20)12(24-8)17-4-2-9(18)16-14(17)23/h2,4,7-8,10-12,19-20H,3,5-6,15H2,1H3,(H-,16,18,21,22,23)/p+1/t7-,8+,10+,11+,12+,25?/m0/s1. The number of carboxylic acids is 1. The molecule has 140 valence electrons. The van der Waals surface area contributed by atoms with Gasteiger partial charge in [-0.25, -0.2) is 4.79 Å². The number of aromatic amines is 1. The summed E-state index contributed by atoms with van der Waals surface area (Å²) in [7, 11) is -0.298. The molecule has 6 atom stereocenters. The van der Waals surface area contributed by atoms with Crippen LogP contribution in [0.5, 0.6) is 0 Å². The SMILES string of the molecule is C[S+](CC[C@H](N)C(=O)O)C[C@H]1O[C@@H](n2ccc(=O)[nH]c2=O)[C@H](O)[C@@H]1O. The van der Waals surface area contributed by atoms with Crippen LogP contribution in [-0.4, -0.2) is 73.0 Å². The number of aliphatic hydroxyl groups excluding tert-OH is 2. The number of aliphatic hydroxyl groups is 2. The van der Waals surface area contributed by atoms with Crippen LogP contribution in [-0.2, 0) is 20.4 Å². The number of hydrogen-bond donors (Lipinski definition) is 5. The Labute approximate surface area is 145 Å². The van der Waals surface area contributed by atoms with Crippen molar-refractivity contribution in [2.75, 3.05) is 17.8 Å². The van der Waals surface area contributed by atoms with Crippen molar-refractivity contribution < 1.29 is 24.9 Å². The van der Waals surface area contributed by atoms with Crippen molar-refractivity contribution in [2.45, 2.75) is 37.0 Å². The summed E-state index contributed by atoms with van der Waals surface area (Å²) in [5.74, 6) is -0.138. The molecule has 0 bridgehead atoms. The molecule has 11 heteroatoms. The summed E-state index contributed by atoms with van der Waals surface area (Å²) >= 11 is 0. The van der Waals surface area contributed by atoms with Gasteiger partial charge in [-0.15, -0.1) is 0 Å². The molecule has 0 spiro atoms. The summed E-state index contributed by atoms with van der Waals surface area (Å²) in [6.45, 7) is 0. The lowest BCUT2D eigenvalue weighted by atomic mass is 10.1. The van der Waals surface area contributed by atoms with Crippen LogP contribution in [0, 0.1) is 0 Å². The van der Waals surface area contributed by atoms with E-state index in [0.717, 1.165) is 10.6 Å². The zero-order chi connectivity index (χ0) is 18.7. The summed E-state index contributed by atoms with van der Waals surface area (Å²) in [5, 5.41) is 29.1. The van der Waals surface area contributed by atoms with Crippen LogP contribution in [0.4, 0.5) is 0 Å². The van der Waals surface area contributed by atoms with E-state index in [1.54, 1.807) is 0 Å². The number of nitrogens with one attached hydrogen (secondary N) is 1. The van der Waals surface area contributed by atoms with Crippen LogP contribution in [0.25, 0.3) is 0 Å². The van der Waals surface area contributed by atoms with Gasteiger partial charge in [-0.05, 0) is 10.9 Å². The van der Waals surface area contributed by atoms with E-state index >= 15 is 0 Å². The Morgan fingerprint density at radius 3 is 2.72 bits per heavy atom. The lowest BCUT2D eigenvalue weighted by Gasteiger charge is -2.16. The molecule has 1 aromatic heterocycles. The van der Waals surface area contributed by atoms with E-state index < -0.39 is 47.8 Å². The average molecular weight is 376 g/mol. The van der Waals surface area contributed by atoms with Crippen molar-refractivity contribution >= 4 is 16.9 Å². The van der Waals surface area contributed by atoms with E-state index in [2.05, 4.69) is 4.98 Å². The lowest BCUT2D eigenvalue weighted by Crippen LogP contribution is -2.38. The minimum absolute atomic E-state index is 0.295. The van der Waals surface area contributed by atoms with Crippen molar-refractivity contribution in [3.05, 3.63) is 33.1 Å². The maximum Gasteiger partial charge on any atom is 0.330 e. The number of nitrogens with two attached hydrogens (primary N) is 1. The van der Waals surface area contributed by atoms with Gasteiger partial charge in [0.1, 0.15) is 35.9 Å². The largest absolute Gasteiger partial charge is 0.480 e. The summed E-state index contributed by atoms with van der Waals surface area (Å²) in [4.78, 5) is 35.7. The van der Waals surface area contributed by atoms with E-state index in [1.165, 1.54) is 6.20 Å². The van der Waals surface area contributed by atoms with Crippen LogP contribution in [0.1, 0.15) is 12.6 Å². The molecule has 0 saturated carbocycles. The average Bonchev–Trinajstić information content (AvgIpc) is 2.81. The second-order valence-corrected chi connectivity index (χ2v) is 8.25. The van der Waals surface area contributed by atoms with E-state index in [-0.39, 0.29) is 10.9 Å². The molecule has 0 amide bonds. The smallest absolute Gasteiger partial charge is 0.330 e. The first kappa shape index (κ1) is 19.7. The predicted molar refractivity (Wildman–Crippen MR) is 90.5 cm³/mol. The van der Waals surface area contributed by atoms with Gasteiger partial charge in [-0.1, -0.05) is 0 Å². The van der Waals surface area contributed by atoms with Crippen LogP contribution < -0.4 is 17.0 Å². The van der Waals surface area contributed by atoms with Crippen molar-refractivity contribution in [1.29, 1.82) is 0 Å². The molecule has 1 saturated heterocycles. The van der Waals surface area contributed by atoms with E-state index in [9.17, 15) is 24.6 Å². The van der Waals surface area contributed by atoms with Crippen molar-refractivity contribution in [3.63, 3.8) is 0 Å². The molecule has 25 heavy (non-hydrogen) atoms. The normalized spacial score (nSPS) is 28.6. The van der Waals surface area contributed by atoms with Gasteiger partial charge in [0, 0.05) is 18.7 Å². The van der Waals surface area contributed by atoms with Crippen LogP contribution in [0.15, 0.2) is 21.9 Å². The zero-order valence-electron chi connectivity index (χ0n) is 13.6. The molecule has 10 nitrogen and oxygen atoms in total. The van der Waals surface area contributed by atoms with E-state index in [4.69, 9.17) is 15.6 Å². The predicted octanol–water partition coefficient (Wildman–Crippen LogP) is -2.79.